The average molecular weight is 248 g/mol. The normalized spacial score (nSPS) is 15.9. The minimum atomic E-state index is 0.0753. The molecule has 100 valence electrons. The fraction of sp³-hybridized carbons (Fsp3) is 0.600. The summed E-state index contributed by atoms with van der Waals surface area (Å²) in [5.41, 5.74) is 0.689. The van der Waals surface area contributed by atoms with Crippen molar-refractivity contribution in [2.24, 2.45) is 5.92 Å². The lowest BCUT2D eigenvalue weighted by Crippen LogP contribution is -2.33. The van der Waals surface area contributed by atoms with Crippen molar-refractivity contribution in [1.29, 1.82) is 0 Å². The van der Waals surface area contributed by atoms with Gasteiger partial charge in [-0.15, -0.1) is 0 Å². The molecule has 2 heterocycles. The number of hydrogen-bond donors (Lipinski definition) is 0. The molecule has 1 fully saturated rings. The van der Waals surface area contributed by atoms with Crippen molar-refractivity contribution in [2.75, 3.05) is 18.0 Å². The van der Waals surface area contributed by atoms with Crippen molar-refractivity contribution in [3.63, 3.8) is 0 Å². The number of Topliss-reactive ketones (excluding diaryl/α,β-unsaturated/α-hetero) is 1. The van der Waals surface area contributed by atoms with Crippen LogP contribution in [0, 0.1) is 5.92 Å². The molecule has 1 aromatic rings. The Labute approximate surface area is 110 Å². The van der Waals surface area contributed by atoms with Crippen molar-refractivity contribution in [3.05, 3.63) is 23.9 Å². The van der Waals surface area contributed by atoms with Crippen molar-refractivity contribution >= 4 is 11.6 Å². The van der Waals surface area contributed by atoms with Gasteiger partial charge in [-0.2, -0.15) is 0 Å². The van der Waals surface area contributed by atoms with E-state index in [4.69, 9.17) is 0 Å². The Hall–Kier alpha value is -1.38. The van der Waals surface area contributed by atoms with E-state index < -0.39 is 0 Å². The van der Waals surface area contributed by atoms with Crippen LogP contribution in [0.5, 0.6) is 0 Å². The molecule has 1 aliphatic heterocycles. The predicted octanol–water partition coefficient (Wildman–Crippen LogP) is 3.55. The first-order chi connectivity index (χ1) is 8.66. The largest absolute Gasteiger partial charge is 0.357 e. The van der Waals surface area contributed by atoms with E-state index >= 15 is 0 Å². The van der Waals surface area contributed by atoms with Crippen molar-refractivity contribution < 1.29 is 4.79 Å². The predicted molar refractivity (Wildman–Crippen MR) is 76.2 cm³/mol. The number of carbonyl (C=O) groups excluding carboxylic acids is 1. The average Bonchev–Trinajstić information content (AvgIpc) is 2.42. The first-order valence-electron chi connectivity index (χ1n) is 6.89. The number of pyridine rings is 1. The fourth-order valence-corrected chi connectivity index (χ4v) is 2.02. The van der Waals surface area contributed by atoms with Crippen LogP contribution in [0.25, 0.3) is 0 Å². The Kier molecular flexibility index (Phi) is 5.83. The van der Waals surface area contributed by atoms with Gasteiger partial charge in [-0.25, -0.2) is 4.98 Å². The lowest BCUT2D eigenvalue weighted by molar-refractivity contribution is 0.101. The van der Waals surface area contributed by atoms with Gasteiger partial charge in [0.2, 0.25) is 0 Å². The number of carbonyl (C=O) groups is 1. The maximum Gasteiger partial charge on any atom is 0.161 e. The molecule has 3 nitrogen and oxygen atoms in total. The SMILES string of the molecule is CC.CC(=O)c1ccc(N2CCC(C)CC2)nc1. The lowest BCUT2D eigenvalue weighted by Gasteiger charge is -2.31. The van der Waals surface area contributed by atoms with Crippen LogP contribution in [0.3, 0.4) is 0 Å². The number of aromatic nitrogens is 1. The zero-order chi connectivity index (χ0) is 13.5. The minimum absolute atomic E-state index is 0.0753. The van der Waals surface area contributed by atoms with Gasteiger partial charge in [-0.05, 0) is 37.8 Å². The summed E-state index contributed by atoms with van der Waals surface area (Å²) in [6.07, 6.45) is 4.14. The van der Waals surface area contributed by atoms with Gasteiger partial charge in [0.15, 0.2) is 5.78 Å². The summed E-state index contributed by atoms with van der Waals surface area (Å²) < 4.78 is 0. The summed E-state index contributed by atoms with van der Waals surface area (Å²) in [5, 5.41) is 0. The van der Waals surface area contributed by atoms with Gasteiger partial charge in [0.25, 0.3) is 0 Å². The number of rotatable bonds is 2. The number of anilines is 1. The molecule has 3 heteroatoms. The van der Waals surface area contributed by atoms with Crippen LogP contribution in [0.15, 0.2) is 18.3 Å². The van der Waals surface area contributed by atoms with Gasteiger partial charge in [0.05, 0.1) is 0 Å². The van der Waals surface area contributed by atoms with Gasteiger partial charge in [0, 0.05) is 24.8 Å². The second-order valence-corrected chi connectivity index (χ2v) is 4.63. The molecular weight excluding hydrogens is 224 g/mol. The van der Waals surface area contributed by atoms with Gasteiger partial charge >= 0.3 is 0 Å². The summed E-state index contributed by atoms with van der Waals surface area (Å²) in [6, 6.07) is 3.81. The zero-order valence-corrected chi connectivity index (χ0v) is 11.9. The second-order valence-electron chi connectivity index (χ2n) is 4.63. The molecule has 1 saturated heterocycles. The van der Waals surface area contributed by atoms with Crippen LogP contribution in [0.1, 0.15) is 50.9 Å². The fourth-order valence-electron chi connectivity index (χ4n) is 2.02. The molecule has 0 saturated carbocycles. The Bertz CT molecular complexity index is 365. The Balaban J connectivity index is 0.000000771. The summed E-state index contributed by atoms with van der Waals surface area (Å²) in [4.78, 5) is 17.8. The lowest BCUT2D eigenvalue weighted by atomic mass is 9.99. The van der Waals surface area contributed by atoms with Crippen LogP contribution >= 0.6 is 0 Å². The monoisotopic (exact) mass is 248 g/mol. The molecular formula is C15H24N2O. The third kappa shape index (κ3) is 3.83. The molecule has 0 bridgehead atoms. The van der Waals surface area contributed by atoms with Crippen LogP contribution < -0.4 is 4.90 Å². The van der Waals surface area contributed by atoms with Crippen molar-refractivity contribution in [3.8, 4) is 0 Å². The summed E-state index contributed by atoms with van der Waals surface area (Å²) >= 11 is 0. The highest BCUT2D eigenvalue weighted by atomic mass is 16.1. The van der Waals surface area contributed by atoms with Gasteiger partial charge in [-0.1, -0.05) is 20.8 Å². The topological polar surface area (TPSA) is 33.2 Å². The summed E-state index contributed by atoms with van der Waals surface area (Å²) in [7, 11) is 0. The Morgan fingerprint density at radius 1 is 1.28 bits per heavy atom. The number of piperidine rings is 1. The van der Waals surface area contributed by atoms with E-state index in [1.54, 1.807) is 13.1 Å². The van der Waals surface area contributed by atoms with E-state index in [-0.39, 0.29) is 5.78 Å². The van der Waals surface area contributed by atoms with Gasteiger partial charge in [0.1, 0.15) is 5.82 Å². The van der Waals surface area contributed by atoms with Crippen LogP contribution in [-0.2, 0) is 0 Å². The first-order valence-corrected chi connectivity index (χ1v) is 6.89. The summed E-state index contributed by atoms with van der Waals surface area (Å²) in [5.74, 6) is 1.90. The summed E-state index contributed by atoms with van der Waals surface area (Å²) in [6.45, 7) is 10.0. The highest BCUT2D eigenvalue weighted by Gasteiger charge is 2.16. The highest BCUT2D eigenvalue weighted by molar-refractivity contribution is 5.93. The molecule has 0 amide bonds. The molecule has 0 N–H and O–H groups in total. The number of ketones is 1. The molecule has 18 heavy (non-hydrogen) atoms. The highest BCUT2D eigenvalue weighted by Crippen LogP contribution is 2.21. The smallest absolute Gasteiger partial charge is 0.161 e. The number of nitrogens with zero attached hydrogens (tertiary/aromatic N) is 2. The third-order valence-corrected chi connectivity index (χ3v) is 3.26. The Morgan fingerprint density at radius 3 is 2.33 bits per heavy atom. The van der Waals surface area contributed by atoms with Crippen molar-refractivity contribution in [1.82, 2.24) is 4.98 Å². The minimum Gasteiger partial charge on any atom is -0.357 e. The van der Waals surface area contributed by atoms with E-state index in [2.05, 4.69) is 16.8 Å². The molecule has 0 unspecified atom stereocenters. The molecule has 0 radical (unpaired) electrons. The molecule has 0 aliphatic carbocycles. The van der Waals surface area contributed by atoms with Gasteiger partial charge in [-0.3, -0.25) is 4.79 Å². The first kappa shape index (κ1) is 14.7. The standard InChI is InChI=1S/C13H18N2O.C2H6/c1-10-5-7-15(8-6-10)13-4-3-12(9-14-13)11(2)16;1-2/h3-4,9-10H,5-8H2,1-2H3;1-2H3. The van der Waals surface area contributed by atoms with E-state index in [0.717, 1.165) is 24.8 Å². The molecule has 0 aromatic carbocycles. The molecule has 0 atom stereocenters. The zero-order valence-electron chi connectivity index (χ0n) is 11.9. The molecule has 1 aliphatic rings. The molecule has 0 spiro atoms. The van der Waals surface area contributed by atoms with Crippen molar-refractivity contribution in [2.45, 2.75) is 40.5 Å². The Morgan fingerprint density at radius 2 is 1.89 bits per heavy atom. The molecule has 2 rings (SSSR count). The quantitative estimate of drug-likeness (QED) is 0.750. The third-order valence-electron chi connectivity index (χ3n) is 3.26. The van der Waals surface area contributed by atoms with Crippen LogP contribution in [0.4, 0.5) is 5.82 Å². The van der Waals surface area contributed by atoms with E-state index in [1.807, 2.05) is 26.0 Å². The second kappa shape index (κ2) is 7.14. The van der Waals surface area contributed by atoms with E-state index in [9.17, 15) is 4.79 Å². The maximum atomic E-state index is 11.1. The van der Waals surface area contributed by atoms with Crippen LogP contribution in [0.2, 0.25) is 0 Å². The maximum absolute atomic E-state index is 11.1. The van der Waals surface area contributed by atoms with E-state index in [1.165, 1.54) is 12.8 Å². The van der Waals surface area contributed by atoms with Crippen LogP contribution in [-0.4, -0.2) is 23.9 Å². The van der Waals surface area contributed by atoms with Gasteiger partial charge < -0.3 is 4.90 Å². The molecule has 1 aromatic heterocycles. The van der Waals surface area contributed by atoms with E-state index in [0.29, 0.717) is 5.56 Å². The number of hydrogen-bond acceptors (Lipinski definition) is 3.